The van der Waals surface area contributed by atoms with Gasteiger partial charge in [0.25, 0.3) is 0 Å². The second-order valence-corrected chi connectivity index (χ2v) is 6.27. The first-order valence-electron chi connectivity index (χ1n) is 6.56. The molecule has 4 atom stereocenters. The van der Waals surface area contributed by atoms with E-state index < -0.39 is 0 Å². The minimum absolute atomic E-state index is 0.103. The number of fused-ring (bicyclic) bond motifs is 5. The Balaban J connectivity index is 1.74. The molecule has 1 aromatic carbocycles. The second-order valence-electron chi connectivity index (χ2n) is 5.45. The van der Waals surface area contributed by atoms with Gasteiger partial charge in [-0.2, -0.15) is 0 Å². The summed E-state index contributed by atoms with van der Waals surface area (Å²) >= 11 is 11.8. The van der Waals surface area contributed by atoms with Crippen LogP contribution in [0.1, 0.15) is 12.8 Å². The van der Waals surface area contributed by atoms with Crippen molar-refractivity contribution in [2.75, 3.05) is 4.90 Å². The van der Waals surface area contributed by atoms with E-state index in [0.717, 1.165) is 12.8 Å². The number of imide groups is 1. The fraction of sp³-hybridized carbons (Fsp3) is 0.429. The number of halogens is 2. The number of hydrogen-bond acceptors (Lipinski definition) is 3. The van der Waals surface area contributed by atoms with E-state index in [0.29, 0.717) is 15.7 Å². The van der Waals surface area contributed by atoms with Gasteiger partial charge in [-0.1, -0.05) is 23.2 Å². The highest BCUT2D eigenvalue weighted by Gasteiger charge is 2.62. The van der Waals surface area contributed by atoms with Gasteiger partial charge in [0, 0.05) is 0 Å². The van der Waals surface area contributed by atoms with Gasteiger partial charge in [-0.05, 0) is 31.0 Å². The molecule has 2 bridgehead atoms. The number of carbonyl (C=O) groups excluding carboxylic acids is 2. The molecule has 0 radical (unpaired) electrons. The van der Waals surface area contributed by atoms with Gasteiger partial charge >= 0.3 is 0 Å². The Kier molecular flexibility index (Phi) is 2.65. The van der Waals surface area contributed by atoms with Crippen molar-refractivity contribution in [3.63, 3.8) is 0 Å². The average molecular weight is 312 g/mol. The summed E-state index contributed by atoms with van der Waals surface area (Å²) in [5.41, 5.74) is 0.489. The molecule has 4 rings (SSSR count). The Bertz CT molecular complexity index is 605. The standard InChI is InChI=1S/C14H11Cl2NO3/c15-7-2-1-6(5-8(7)16)17-13(18)11-9-3-4-10(20-9)12(11)14(17)19/h1-2,5,9-12H,3-4H2/t9?,10?,11-,12+. The van der Waals surface area contributed by atoms with E-state index in [1.54, 1.807) is 18.2 Å². The van der Waals surface area contributed by atoms with Crippen molar-refractivity contribution in [3.8, 4) is 0 Å². The summed E-state index contributed by atoms with van der Waals surface area (Å²) in [6.45, 7) is 0. The number of ether oxygens (including phenoxy) is 1. The molecule has 2 amide bonds. The molecule has 6 heteroatoms. The zero-order valence-corrected chi connectivity index (χ0v) is 11.9. The molecule has 0 spiro atoms. The van der Waals surface area contributed by atoms with Crippen molar-refractivity contribution < 1.29 is 14.3 Å². The third-order valence-corrected chi connectivity index (χ3v) is 5.18. The van der Waals surface area contributed by atoms with Crippen molar-refractivity contribution in [2.45, 2.75) is 25.0 Å². The first-order valence-corrected chi connectivity index (χ1v) is 7.32. The van der Waals surface area contributed by atoms with E-state index in [-0.39, 0.29) is 35.9 Å². The van der Waals surface area contributed by atoms with Gasteiger partial charge in [-0.25, -0.2) is 4.90 Å². The average Bonchev–Trinajstić information content (AvgIpc) is 3.08. The number of carbonyl (C=O) groups is 2. The van der Waals surface area contributed by atoms with Crippen LogP contribution in [0, 0.1) is 11.8 Å². The van der Waals surface area contributed by atoms with Crippen LogP contribution in [-0.2, 0) is 14.3 Å². The minimum Gasteiger partial charge on any atom is -0.373 e. The van der Waals surface area contributed by atoms with Crippen LogP contribution in [0.15, 0.2) is 18.2 Å². The highest BCUT2D eigenvalue weighted by atomic mass is 35.5. The van der Waals surface area contributed by atoms with Crippen LogP contribution in [0.4, 0.5) is 5.69 Å². The summed E-state index contributed by atoms with van der Waals surface area (Å²) in [6.07, 6.45) is 1.52. The lowest BCUT2D eigenvalue weighted by atomic mass is 9.81. The summed E-state index contributed by atoms with van der Waals surface area (Å²) in [7, 11) is 0. The molecule has 20 heavy (non-hydrogen) atoms. The molecule has 3 aliphatic rings. The largest absolute Gasteiger partial charge is 0.373 e. The van der Waals surface area contributed by atoms with E-state index in [1.807, 2.05) is 0 Å². The zero-order chi connectivity index (χ0) is 14.0. The van der Waals surface area contributed by atoms with Crippen molar-refractivity contribution >= 4 is 40.7 Å². The first kappa shape index (κ1) is 12.6. The van der Waals surface area contributed by atoms with E-state index >= 15 is 0 Å². The lowest BCUT2D eigenvalue weighted by Crippen LogP contribution is -2.34. The van der Waals surface area contributed by atoms with Gasteiger partial charge in [-0.3, -0.25) is 9.59 Å². The first-order chi connectivity index (χ1) is 9.58. The number of benzene rings is 1. The summed E-state index contributed by atoms with van der Waals surface area (Å²) in [4.78, 5) is 26.3. The molecular weight excluding hydrogens is 301 g/mol. The third kappa shape index (κ3) is 1.53. The van der Waals surface area contributed by atoms with Crippen LogP contribution < -0.4 is 4.90 Å². The summed E-state index contributed by atoms with van der Waals surface area (Å²) in [5, 5.41) is 0.735. The minimum atomic E-state index is -0.323. The van der Waals surface area contributed by atoms with E-state index in [4.69, 9.17) is 27.9 Å². The monoisotopic (exact) mass is 311 g/mol. The molecule has 4 nitrogen and oxygen atoms in total. The highest BCUT2D eigenvalue weighted by Crippen LogP contribution is 2.49. The second kappa shape index (κ2) is 4.20. The summed E-state index contributed by atoms with van der Waals surface area (Å²) < 4.78 is 5.69. The predicted molar refractivity (Wildman–Crippen MR) is 73.8 cm³/mol. The number of hydrogen-bond donors (Lipinski definition) is 0. The molecule has 2 unspecified atom stereocenters. The molecule has 0 aliphatic carbocycles. The molecule has 3 saturated heterocycles. The van der Waals surface area contributed by atoms with Crippen LogP contribution in [0.2, 0.25) is 10.0 Å². The van der Waals surface area contributed by atoms with Gasteiger partial charge in [0.1, 0.15) is 0 Å². The lowest BCUT2D eigenvalue weighted by Gasteiger charge is -2.17. The smallest absolute Gasteiger partial charge is 0.240 e. The van der Waals surface area contributed by atoms with Crippen LogP contribution in [-0.4, -0.2) is 24.0 Å². The molecular formula is C14H11Cl2NO3. The number of nitrogens with zero attached hydrogens (tertiary/aromatic N) is 1. The van der Waals surface area contributed by atoms with Crippen LogP contribution >= 0.6 is 23.2 Å². The Morgan fingerprint density at radius 3 is 2.15 bits per heavy atom. The third-order valence-electron chi connectivity index (χ3n) is 4.45. The van der Waals surface area contributed by atoms with E-state index in [1.165, 1.54) is 4.90 Å². The van der Waals surface area contributed by atoms with E-state index in [2.05, 4.69) is 0 Å². The van der Waals surface area contributed by atoms with Crippen molar-refractivity contribution in [3.05, 3.63) is 28.2 Å². The maximum absolute atomic E-state index is 12.5. The molecule has 1 aromatic rings. The Morgan fingerprint density at radius 1 is 1.00 bits per heavy atom. The molecule has 0 N–H and O–H groups in total. The van der Waals surface area contributed by atoms with Gasteiger partial charge < -0.3 is 4.74 Å². The fourth-order valence-corrected chi connectivity index (χ4v) is 3.88. The maximum atomic E-state index is 12.5. The van der Waals surface area contributed by atoms with Crippen LogP contribution in [0.3, 0.4) is 0 Å². The van der Waals surface area contributed by atoms with Crippen molar-refractivity contribution in [1.82, 2.24) is 0 Å². The van der Waals surface area contributed by atoms with Gasteiger partial charge in [0.05, 0.1) is 39.8 Å². The molecule has 3 aliphatic heterocycles. The topological polar surface area (TPSA) is 46.6 Å². The highest BCUT2D eigenvalue weighted by molar-refractivity contribution is 6.42. The van der Waals surface area contributed by atoms with Gasteiger partial charge in [0.15, 0.2) is 0 Å². The molecule has 3 fully saturated rings. The van der Waals surface area contributed by atoms with E-state index in [9.17, 15) is 9.59 Å². The molecule has 0 saturated carbocycles. The number of anilines is 1. The maximum Gasteiger partial charge on any atom is 0.240 e. The Labute approximate surface area is 125 Å². The molecule has 0 aromatic heterocycles. The molecule has 3 heterocycles. The van der Waals surface area contributed by atoms with Crippen LogP contribution in [0.5, 0.6) is 0 Å². The molecule has 104 valence electrons. The van der Waals surface area contributed by atoms with Gasteiger partial charge in [0.2, 0.25) is 11.8 Å². The van der Waals surface area contributed by atoms with Gasteiger partial charge in [-0.15, -0.1) is 0 Å². The summed E-state index contributed by atoms with van der Waals surface area (Å²) in [5.74, 6) is -0.998. The normalized spacial score (nSPS) is 35.0. The predicted octanol–water partition coefficient (Wildman–Crippen LogP) is 2.66. The van der Waals surface area contributed by atoms with Crippen LogP contribution in [0.25, 0.3) is 0 Å². The van der Waals surface area contributed by atoms with Crippen molar-refractivity contribution in [2.24, 2.45) is 11.8 Å². The Morgan fingerprint density at radius 2 is 1.60 bits per heavy atom. The SMILES string of the molecule is O=C1[C@@H]2C3CCC(O3)[C@@H]2C(=O)N1c1ccc(Cl)c(Cl)c1. The quantitative estimate of drug-likeness (QED) is 0.749. The lowest BCUT2D eigenvalue weighted by molar-refractivity contribution is -0.124. The van der Waals surface area contributed by atoms with Crippen molar-refractivity contribution in [1.29, 1.82) is 0 Å². The summed E-state index contributed by atoms with van der Waals surface area (Å²) in [6, 6.07) is 4.80. The zero-order valence-electron chi connectivity index (χ0n) is 10.4. The Hall–Kier alpha value is -1.10. The number of amides is 2. The number of rotatable bonds is 1. The fourth-order valence-electron chi connectivity index (χ4n) is 3.59.